The molecule has 1 heterocycles. The zero-order valence-corrected chi connectivity index (χ0v) is 9.34. The molecule has 17 heavy (non-hydrogen) atoms. The van der Waals surface area contributed by atoms with E-state index in [1.54, 1.807) is 12.3 Å². The van der Waals surface area contributed by atoms with E-state index in [9.17, 15) is 0 Å². The number of hydrogen-bond acceptors (Lipinski definition) is 5. The van der Waals surface area contributed by atoms with E-state index in [-0.39, 0.29) is 0 Å². The molecule has 3 N–H and O–H groups in total. The second kappa shape index (κ2) is 5.93. The average molecular weight is 230 g/mol. The monoisotopic (exact) mass is 230 g/mol. The lowest BCUT2D eigenvalue weighted by molar-refractivity contribution is 0.102. The van der Waals surface area contributed by atoms with Gasteiger partial charge in [0.05, 0.1) is 6.61 Å². The average Bonchev–Trinajstić information content (AvgIpc) is 2.40. The normalized spacial score (nSPS) is 10.2. The van der Waals surface area contributed by atoms with Gasteiger partial charge in [0.2, 0.25) is 0 Å². The summed E-state index contributed by atoms with van der Waals surface area (Å²) < 4.78 is 5.51. The molecule has 0 aliphatic rings. The third-order valence-corrected chi connectivity index (χ3v) is 2.20. The number of nitrogen functional groups attached to an aromatic ring is 1. The van der Waals surface area contributed by atoms with Gasteiger partial charge < -0.3 is 10.2 Å². The lowest BCUT2D eigenvalue weighted by atomic mass is 10.2. The molecule has 0 atom stereocenters. The van der Waals surface area contributed by atoms with Gasteiger partial charge in [-0.2, -0.15) is 0 Å². The second-order valence-electron chi connectivity index (χ2n) is 3.48. The smallest absolute Gasteiger partial charge is 0.156 e. The van der Waals surface area contributed by atoms with Crippen LogP contribution in [0.25, 0.3) is 0 Å². The van der Waals surface area contributed by atoms with Gasteiger partial charge in [-0.3, -0.25) is 0 Å². The molecule has 0 saturated heterocycles. The summed E-state index contributed by atoms with van der Waals surface area (Å²) in [6.45, 7) is 0.912. The minimum absolute atomic E-state index is 0.365. The summed E-state index contributed by atoms with van der Waals surface area (Å²) in [6.07, 6.45) is 1.64. The van der Waals surface area contributed by atoms with Crippen molar-refractivity contribution in [1.29, 1.82) is 0 Å². The SMILES string of the molecule is NNc1ccnc(COCc2ccccc2)n1. The molecular weight excluding hydrogens is 216 g/mol. The van der Waals surface area contributed by atoms with Gasteiger partial charge in [0.25, 0.3) is 0 Å². The Bertz CT molecular complexity index is 461. The summed E-state index contributed by atoms with van der Waals surface area (Å²) in [5.41, 5.74) is 3.59. The van der Waals surface area contributed by atoms with Crippen molar-refractivity contribution in [2.45, 2.75) is 13.2 Å². The van der Waals surface area contributed by atoms with Gasteiger partial charge in [0.1, 0.15) is 12.4 Å². The van der Waals surface area contributed by atoms with Crippen molar-refractivity contribution in [2.24, 2.45) is 5.84 Å². The highest BCUT2D eigenvalue weighted by molar-refractivity contribution is 5.30. The fraction of sp³-hybridized carbons (Fsp3) is 0.167. The van der Waals surface area contributed by atoms with Crippen LogP contribution in [0.5, 0.6) is 0 Å². The molecule has 0 fully saturated rings. The number of anilines is 1. The van der Waals surface area contributed by atoms with E-state index in [4.69, 9.17) is 10.6 Å². The molecule has 88 valence electrons. The molecule has 5 nitrogen and oxygen atoms in total. The van der Waals surface area contributed by atoms with Crippen molar-refractivity contribution in [2.75, 3.05) is 5.43 Å². The molecule has 1 aromatic heterocycles. The molecule has 0 amide bonds. The number of ether oxygens (including phenoxy) is 1. The molecule has 0 unspecified atom stereocenters. The molecule has 0 bridgehead atoms. The standard InChI is InChI=1S/C12H14N4O/c13-16-11-6-7-14-12(15-11)9-17-8-10-4-2-1-3-5-10/h1-7H,8-9,13H2,(H,14,15,16). The Morgan fingerprint density at radius 2 is 1.94 bits per heavy atom. The second-order valence-corrected chi connectivity index (χ2v) is 3.48. The zero-order chi connectivity index (χ0) is 11.9. The fourth-order valence-corrected chi connectivity index (χ4v) is 1.38. The van der Waals surface area contributed by atoms with Crippen molar-refractivity contribution in [1.82, 2.24) is 9.97 Å². The van der Waals surface area contributed by atoms with E-state index in [0.717, 1.165) is 5.56 Å². The maximum atomic E-state index is 5.51. The fourth-order valence-electron chi connectivity index (χ4n) is 1.38. The van der Waals surface area contributed by atoms with E-state index in [2.05, 4.69) is 15.4 Å². The number of hydrogen-bond donors (Lipinski definition) is 2. The first-order valence-electron chi connectivity index (χ1n) is 5.28. The van der Waals surface area contributed by atoms with Crippen molar-refractivity contribution in [3.63, 3.8) is 0 Å². The number of rotatable bonds is 5. The Hall–Kier alpha value is -1.98. The van der Waals surface area contributed by atoms with Crippen molar-refractivity contribution in [3.05, 3.63) is 54.0 Å². The molecule has 0 aliphatic carbocycles. The highest BCUT2D eigenvalue weighted by Gasteiger charge is 1.99. The summed E-state index contributed by atoms with van der Waals surface area (Å²) in [4.78, 5) is 8.24. The Labute approximate surface area is 99.6 Å². The molecule has 1 aromatic carbocycles. The number of aromatic nitrogens is 2. The topological polar surface area (TPSA) is 73.1 Å². The first-order chi connectivity index (χ1) is 8.38. The number of nitrogens with zero attached hydrogens (tertiary/aromatic N) is 2. The van der Waals surface area contributed by atoms with Gasteiger partial charge in [-0.05, 0) is 5.56 Å². The van der Waals surface area contributed by atoms with Gasteiger partial charge in [0, 0.05) is 12.3 Å². The largest absolute Gasteiger partial charge is 0.369 e. The molecular formula is C12H14N4O. The van der Waals surface area contributed by atoms with Crippen LogP contribution in [-0.2, 0) is 18.0 Å². The van der Waals surface area contributed by atoms with Gasteiger partial charge in [-0.1, -0.05) is 30.3 Å². The number of benzene rings is 1. The Morgan fingerprint density at radius 1 is 1.12 bits per heavy atom. The lowest BCUT2D eigenvalue weighted by Gasteiger charge is -2.04. The maximum Gasteiger partial charge on any atom is 0.156 e. The van der Waals surface area contributed by atoms with E-state index in [1.807, 2.05) is 30.3 Å². The zero-order valence-electron chi connectivity index (χ0n) is 9.34. The van der Waals surface area contributed by atoms with Crippen LogP contribution in [0, 0.1) is 0 Å². The number of nitrogens with one attached hydrogen (secondary N) is 1. The summed E-state index contributed by atoms with van der Waals surface area (Å²) in [7, 11) is 0. The molecule has 2 aromatic rings. The van der Waals surface area contributed by atoms with Crippen molar-refractivity contribution < 1.29 is 4.74 Å². The Balaban J connectivity index is 1.86. The molecule has 0 saturated carbocycles. The summed E-state index contributed by atoms with van der Waals surface area (Å²) in [5.74, 6) is 6.45. The predicted octanol–water partition coefficient (Wildman–Crippen LogP) is 1.48. The Kier molecular flexibility index (Phi) is 4.01. The summed E-state index contributed by atoms with van der Waals surface area (Å²) in [5, 5.41) is 0. The molecule has 5 heteroatoms. The highest BCUT2D eigenvalue weighted by Crippen LogP contribution is 2.04. The van der Waals surface area contributed by atoms with Crippen LogP contribution in [0.4, 0.5) is 5.82 Å². The molecule has 2 rings (SSSR count). The summed E-state index contributed by atoms with van der Waals surface area (Å²) >= 11 is 0. The van der Waals surface area contributed by atoms with E-state index in [1.165, 1.54) is 0 Å². The summed E-state index contributed by atoms with van der Waals surface area (Å²) in [6, 6.07) is 11.7. The van der Waals surface area contributed by atoms with Crippen molar-refractivity contribution >= 4 is 5.82 Å². The van der Waals surface area contributed by atoms with E-state index < -0.39 is 0 Å². The third kappa shape index (κ3) is 3.51. The van der Waals surface area contributed by atoms with Gasteiger partial charge >= 0.3 is 0 Å². The van der Waals surface area contributed by atoms with Gasteiger partial charge in [-0.25, -0.2) is 15.8 Å². The van der Waals surface area contributed by atoms with Crippen LogP contribution >= 0.6 is 0 Å². The number of nitrogens with two attached hydrogens (primary N) is 1. The first kappa shape index (κ1) is 11.5. The van der Waals surface area contributed by atoms with Crippen LogP contribution < -0.4 is 11.3 Å². The quantitative estimate of drug-likeness (QED) is 0.601. The first-order valence-corrected chi connectivity index (χ1v) is 5.28. The van der Waals surface area contributed by atoms with E-state index in [0.29, 0.717) is 24.9 Å². The van der Waals surface area contributed by atoms with Gasteiger partial charge in [-0.15, -0.1) is 0 Å². The molecule has 0 radical (unpaired) electrons. The van der Waals surface area contributed by atoms with Crippen LogP contribution in [-0.4, -0.2) is 9.97 Å². The molecule has 0 aliphatic heterocycles. The van der Waals surface area contributed by atoms with Crippen LogP contribution in [0.2, 0.25) is 0 Å². The molecule has 0 spiro atoms. The number of hydrazine groups is 1. The van der Waals surface area contributed by atoms with E-state index >= 15 is 0 Å². The van der Waals surface area contributed by atoms with Crippen LogP contribution in [0.1, 0.15) is 11.4 Å². The maximum absolute atomic E-state index is 5.51. The third-order valence-electron chi connectivity index (χ3n) is 2.20. The van der Waals surface area contributed by atoms with Crippen molar-refractivity contribution in [3.8, 4) is 0 Å². The Morgan fingerprint density at radius 3 is 2.71 bits per heavy atom. The van der Waals surface area contributed by atoms with Crippen LogP contribution in [0.3, 0.4) is 0 Å². The minimum Gasteiger partial charge on any atom is -0.369 e. The lowest BCUT2D eigenvalue weighted by Crippen LogP contribution is -2.10. The predicted molar refractivity (Wildman–Crippen MR) is 64.8 cm³/mol. The highest BCUT2D eigenvalue weighted by atomic mass is 16.5. The minimum atomic E-state index is 0.365. The van der Waals surface area contributed by atoms with Gasteiger partial charge in [0.15, 0.2) is 5.82 Å². The van der Waals surface area contributed by atoms with Crippen LogP contribution in [0.15, 0.2) is 42.6 Å².